The van der Waals surface area contributed by atoms with Gasteiger partial charge in [-0.15, -0.1) is 0 Å². The molecule has 4 nitrogen and oxygen atoms in total. The molecule has 0 saturated carbocycles. The van der Waals surface area contributed by atoms with Crippen molar-refractivity contribution in [2.45, 2.75) is 18.6 Å². The van der Waals surface area contributed by atoms with Gasteiger partial charge in [0.1, 0.15) is 0 Å². The number of carbonyl (C=O) groups excluding carboxylic acids is 1. The van der Waals surface area contributed by atoms with E-state index in [9.17, 15) is 4.79 Å². The van der Waals surface area contributed by atoms with Gasteiger partial charge in [-0.3, -0.25) is 4.79 Å². The summed E-state index contributed by atoms with van der Waals surface area (Å²) in [6, 6.07) is 15.1. The van der Waals surface area contributed by atoms with Gasteiger partial charge in [0.15, 0.2) is 0 Å². The van der Waals surface area contributed by atoms with Gasteiger partial charge in [0, 0.05) is 17.5 Å². The second-order valence-electron chi connectivity index (χ2n) is 5.14. The van der Waals surface area contributed by atoms with Crippen molar-refractivity contribution in [3.8, 4) is 0 Å². The predicted molar refractivity (Wildman–Crippen MR) is 87.8 cm³/mol. The molecule has 6 heteroatoms. The average molecular weight is 336 g/mol. The molecule has 1 amide bonds. The average Bonchev–Trinajstić information content (AvgIpc) is 2.99. The molecule has 2 atom stereocenters. The number of hydrazine groups is 1. The minimum atomic E-state index is -0.250. The number of amides is 1. The molecule has 0 radical (unpaired) electrons. The van der Waals surface area contributed by atoms with Gasteiger partial charge in [0.2, 0.25) is 0 Å². The zero-order valence-corrected chi connectivity index (χ0v) is 13.2. The molecule has 0 spiro atoms. The first kappa shape index (κ1) is 15.3. The fraction of sp³-hybridized carbons (Fsp3) is 0.188. The second kappa shape index (κ2) is 6.67. The molecule has 2 unspecified atom stereocenters. The Hall–Kier alpha value is -1.59. The van der Waals surface area contributed by atoms with Gasteiger partial charge in [-0.25, -0.2) is 10.9 Å². The molecule has 0 aliphatic carbocycles. The zero-order chi connectivity index (χ0) is 15.5. The number of carbonyl (C=O) groups is 1. The summed E-state index contributed by atoms with van der Waals surface area (Å²) in [5, 5.41) is 3.77. The minimum absolute atomic E-state index is 0.154. The van der Waals surface area contributed by atoms with E-state index in [2.05, 4.69) is 28.3 Å². The molecule has 2 aromatic rings. The molecule has 114 valence electrons. The van der Waals surface area contributed by atoms with Crippen molar-refractivity contribution in [1.29, 1.82) is 0 Å². The first-order valence-electron chi connectivity index (χ1n) is 6.95. The number of benzene rings is 2. The van der Waals surface area contributed by atoms with E-state index < -0.39 is 0 Å². The molecule has 1 aliphatic heterocycles. The van der Waals surface area contributed by atoms with Crippen molar-refractivity contribution >= 4 is 29.1 Å². The van der Waals surface area contributed by atoms with Crippen LogP contribution >= 0.6 is 23.2 Å². The highest BCUT2D eigenvalue weighted by molar-refractivity contribution is 6.35. The van der Waals surface area contributed by atoms with E-state index in [0.717, 1.165) is 6.42 Å². The third kappa shape index (κ3) is 3.42. The van der Waals surface area contributed by atoms with Crippen molar-refractivity contribution in [3.63, 3.8) is 0 Å². The van der Waals surface area contributed by atoms with E-state index in [1.54, 1.807) is 18.2 Å². The lowest BCUT2D eigenvalue weighted by Gasteiger charge is -2.13. The van der Waals surface area contributed by atoms with Crippen LogP contribution in [0.3, 0.4) is 0 Å². The maximum atomic E-state index is 12.3. The van der Waals surface area contributed by atoms with Gasteiger partial charge in [0.25, 0.3) is 5.91 Å². The van der Waals surface area contributed by atoms with Crippen LogP contribution in [0.2, 0.25) is 10.0 Å². The zero-order valence-electron chi connectivity index (χ0n) is 11.6. The van der Waals surface area contributed by atoms with Crippen molar-refractivity contribution in [3.05, 3.63) is 69.7 Å². The Morgan fingerprint density at radius 1 is 1.09 bits per heavy atom. The molecular formula is C16H15Cl2N3O. The lowest BCUT2D eigenvalue weighted by atomic mass is 10.0. The predicted octanol–water partition coefficient (Wildman–Crippen LogP) is 3.29. The van der Waals surface area contributed by atoms with E-state index in [1.165, 1.54) is 5.56 Å². The van der Waals surface area contributed by atoms with Crippen LogP contribution in [-0.4, -0.2) is 12.1 Å². The van der Waals surface area contributed by atoms with Crippen molar-refractivity contribution < 1.29 is 4.79 Å². The summed E-state index contributed by atoms with van der Waals surface area (Å²) in [5.41, 5.74) is 7.81. The summed E-state index contributed by atoms with van der Waals surface area (Å²) in [7, 11) is 0. The molecular weight excluding hydrogens is 321 g/mol. The molecule has 0 bridgehead atoms. The molecule has 2 aromatic carbocycles. The van der Waals surface area contributed by atoms with Crippen molar-refractivity contribution in [2.24, 2.45) is 0 Å². The maximum Gasteiger partial charge on any atom is 0.254 e. The minimum Gasteiger partial charge on any atom is -0.335 e. The summed E-state index contributed by atoms with van der Waals surface area (Å²) in [4.78, 5) is 12.3. The molecule has 22 heavy (non-hydrogen) atoms. The third-order valence-corrected chi connectivity index (χ3v) is 4.15. The largest absolute Gasteiger partial charge is 0.335 e. The van der Waals surface area contributed by atoms with E-state index in [4.69, 9.17) is 23.2 Å². The Labute approximate surface area is 138 Å². The van der Waals surface area contributed by atoms with Crippen molar-refractivity contribution in [2.75, 3.05) is 0 Å². The normalized spacial score (nSPS) is 20.8. The second-order valence-corrected chi connectivity index (χ2v) is 5.98. The molecule has 1 aliphatic rings. The van der Waals surface area contributed by atoms with Gasteiger partial charge >= 0.3 is 0 Å². The van der Waals surface area contributed by atoms with E-state index in [0.29, 0.717) is 15.6 Å². The Bertz CT molecular complexity index is 678. The van der Waals surface area contributed by atoms with Crippen LogP contribution < -0.4 is 16.2 Å². The van der Waals surface area contributed by atoms with Crippen LogP contribution in [0.15, 0.2) is 48.5 Å². The van der Waals surface area contributed by atoms with E-state index >= 15 is 0 Å². The van der Waals surface area contributed by atoms with E-state index in [1.807, 2.05) is 18.2 Å². The van der Waals surface area contributed by atoms with Crippen LogP contribution in [0.1, 0.15) is 28.4 Å². The summed E-state index contributed by atoms with van der Waals surface area (Å²) >= 11 is 12.0. The molecule has 0 aromatic heterocycles. The lowest BCUT2D eigenvalue weighted by Crippen LogP contribution is -2.44. The highest BCUT2D eigenvalue weighted by atomic mass is 35.5. The van der Waals surface area contributed by atoms with Crippen LogP contribution in [0.25, 0.3) is 0 Å². The maximum absolute atomic E-state index is 12.3. The van der Waals surface area contributed by atoms with E-state index in [-0.39, 0.29) is 18.1 Å². The van der Waals surface area contributed by atoms with Crippen LogP contribution in [0.5, 0.6) is 0 Å². The lowest BCUT2D eigenvalue weighted by molar-refractivity contribution is 0.0932. The van der Waals surface area contributed by atoms with Crippen LogP contribution in [0.4, 0.5) is 0 Å². The van der Waals surface area contributed by atoms with Gasteiger partial charge in [0.05, 0.1) is 16.8 Å². The number of rotatable bonds is 3. The third-order valence-electron chi connectivity index (χ3n) is 3.58. The summed E-state index contributed by atoms with van der Waals surface area (Å²) in [5.74, 6) is -0.250. The number of hydrogen-bond acceptors (Lipinski definition) is 3. The van der Waals surface area contributed by atoms with Gasteiger partial charge < -0.3 is 5.32 Å². The Kier molecular flexibility index (Phi) is 4.64. The molecule has 1 heterocycles. The number of halogens is 2. The van der Waals surface area contributed by atoms with Gasteiger partial charge in [-0.05, 0) is 23.8 Å². The summed E-state index contributed by atoms with van der Waals surface area (Å²) in [6.07, 6.45) is 0.571. The SMILES string of the molecule is O=C(NC1CC(c2ccccc2)NN1)c1cc(Cl)ccc1Cl. The van der Waals surface area contributed by atoms with Crippen molar-refractivity contribution in [1.82, 2.24) is 16.2 Å². The fourth-order valence-electron chi connectivity index (χ4n) is 2.46. The Morgan fingerprint density at radius 2 is 1.86 bits per heavy atom. The molecule has 1 saturated heterocycles. The Balaban J connectivity index is 1.65. The topological polar surface area (TPSA) is 53.2 Å². The molecule has 3 N–H and O–H groups in total. The van der Waals surface area contributed by atoms with Gasteiger partial charge in [-0.2, -0.15) is 0 Å². The molecule has 3 rings (SSSR count). The first-order chi connectivity index (χ1) is 10.6. The smallest absolute Gasteiger partial charge is 0.254 e. The first-order valence-corrected chi connectivity index (χ1v) is 7.71. The van der Waals surface area contributed by atoms with Gasteiger partial charge in [-0.1, -0.05) is 53.5 Å². The molecule has 1 fully saturated rings. The Morgan fingerprint density at radius 3 is 2.64 bits per heavy atom. The highest BCUT2D eigenvalue weighted by Gasteiger charge is 2.26. The van der Waals surface area contributed by atoms with Crippen LogP contribution in [0, 0.1) is 0 Å². The van der Waals surface area contributed by atoms with Crippen LogP contribution in [-0.2, 0) is 0 Å². The number of hydrogen-bond donors (Lipinski definition) is 3. The quantitative estimate of drug-likeness (QED) is 0.806. The summed E-state index contributed by atoms with van der Waals surface area (Å²) in [6.45, 7) is 0. The summed E-state index contributed by atoms with van der Waals surface area (Å²) < 4.78 is 0. The fourth-order valence-corrected chi connectivity index (χ4v) is 2.84. The highest BCUT2D eigenvalue weighted by Crippen LogP contribution is 2.23. The number of nitrogens with one attached hydrogen (secondary N) is 3. The monoisotopic (exact) mass is 335 g/mol. The standard InChI is InChI=1S/C16H15Cl2N3O/c17-11-6-7-13(18)12(8-11)16(22)19-15-9-14(20-21-15)10-4-2-1-3-5-10/h1-8,14-15,20-21H,9H2,(H,19,22).